The molecule has 0 spiro atoms. The van der Waals surface area contributed by atoms with Gasteiger partial charge in [-0.3, -0.25) is 0 Å². The molecule has 0 amide bonds. The van der Waals surface area contributed by atoms with Crippen molar-refractivity contribution in [3.8, 4) is 0 Å². The molecule has 0 aromatic heterocycles. The van der Waals surface area contributed by atoms with Crippen molar-refractivity contribution in [2.45, 2.75) is 0 Å². The van der Waals surface area contributed by atoms with Crippen LogP contribution in [0.25, 0.3) is 0 Å². The van der Waals surface area contributed by atoms with Crippen molar-refractivity contribution in [2.24, 2.45) is 0 Å². The average Bonchev–Trinajstić information content (AvgIpc) is 2.10. The van der Waals surface area contributed by atoms with Gasteiger partial charge in [-0.1, -0.05) is 23.2 Å². The number of rotatable bonds is 1. The highest BCUT2D eigenvalue weighted by molar-refractivity contribution is 8.60. The zero-order valence-corrected chi connectivity index (χ0v) is 7.01. The Morgan fingerprint density at radius 2 is 1.86 bits per heavy atom. The first-order valence-corrected chi connectivity index (χ1v) is 8.72. The predicted octanol–water partition coefficient (Wildman–Crippen LogP) is 2.49. The molecule has 0 N–H and O–H groups in total. The topological polar surface area (TPSA) is 0 Å². The summed E-state index contributed by atoms with van der Waals surface area (Å²) in [5.74, 6) is 0. The second kappa shape index (κ2) is 1.91. The van der Waals surface area contributed by atoms with E-state index in [9.17, 15) is 0 Å². The molecule has 2 aliphatic heterocycles. The molecule has 0 aliphatic carbocycles. The Labute approximate surface area is 48.5 Å². The van der Waals surface area contributed by atoms with Crippen LogP contribution in [0, 0.1) is 0 Å². The van der Waals surface area contributed by atoms with Crippen LogP contribution < -0.4 is 0 Å². The number of hydrogen-bond acceptors (Lipinski definition) is 0. The highest BCUT2D eigenvalue weighted by Gasteiger charge is 2.33. The van der Waals surface area contributed by atoms with E-state index in [1.807, 2.05) is 0 Å². The van der Waals surface area contributed by atoms with Crippen molar-refractivity contribution >= 4 is 23.2 Å². The summed E-state index contributed by atoms with van der Waals surface area (Å²) in [6.07, 6.45) is 6.59. The average molecular weight is 150 g/mol. The van der Waals surface area contributed by atoms with E-state index in [1.165, 1.54) is 8.27 Å². The summed E-state index contributed by atoms with van der Waals surface area (Å²) < 4.78 is 0. The molecule has 0 nitrogen and oxygen atoms in total. The minimum atomic E-state index is 0.747. The largest absolute Gasteiger partial charge is 0.0912 e. The summed E-state index contributed by atoms with van der Waals surface area (Å²) in [6.45, 7) is 0. The van der Waals surface area contributed by atoms with Gasteiger partial charge in [0.15, 0.2) is 0 Å². The molecule has 2 unspecified atom stereocenters. The summed E-state index contributed by atoms with van der Waals surface area (Å²) in [5, 5.41) is 0. The SMILES string of the molecule is C1CP(P2CC2)P1. The zero-order chi connectivity index (χ0) is 4.69. The Bertz CT molecular complexity index is 75.0. The lowest BCUT2D eigenvalue weighted by atomic mass is 11.0. The van der Waals surface area contributed by atoms with Gasteiger partial charge in [0.2, 0.25) is 0 Å². The zero-order valence-electron chi connectivity index (χ0n) is 4.22. The molecule has 0 bridgehead atoms. The van der Waals surface area contributed by atoms with E-state index in [0.717, 1.165) is 14.9 Å². The van der Waals surface area contributed by atoms with Crippen LogP contribution in [0.2, 0.25) is 0 Å². The van der Waals surface area contributed by atoms with E-state index < -0.39 is 0 Å². The fraction of sp³-hybridized carbons (Fsp3) is 1.00. The lowest BCUT2D eigenvalue weighted by molar-refractivity contribution is 1.52. The Morgan fingerprint density at radius 1 is 1.14 bits per heavy atom. The Kier molecular flexibility index (Phi) is 1.39. The Hall–Kier alpha value is 1.29. The van der Waals surface area contributed by atoms with Crippen LogP contribution in [-0.4, -0.2) is 24.6 Å². The van der Waals surface area contributed by atoms with E-state index in [4.69, 9.17) is 0 Å². The molecule has 40 valence electrons. The Morgan fingerprint density at radius 3 is 2.00 bits per heavy atom. The van der Waals surface area contributed by atoms with Gasteiger partial charge in [-0.25, -0.2) is 0 Å². The third-order valence-corrected chi connectivity index (χ3v) is 14.9. The molecule has 3 heteroatoms. The molecule has 2 fully saturated rings. The molecule has 7 heavy (non-hydrogen) atoms. The van der Waals surface area contributed by atoms with Crippen LogP contribution in [0.1, 0.15) is 0 Å². The normalized spacial score (nSPS) is 43.7. The lowest BCUT2D eigenvalue weighted by Gasteiger charge is -2.25. The second-order valence-corrected chi connectivity index (χ2v) is 12.8. The van der Waals surface area contributed by atoms with Crippen molar-refractivity contribution in [2.75, 3.05) is 24.6 Å². The summed E-state index contributed by atoms with van der Waals surface area (Å²) in [7, 11) is 2.95. The van der Waals surface area contributed by atoms with E-state index >= 15 is 0 Å². The summed E-state index contributed by atoms with van der Waals surface area (Å²) in [6, 6.07) is 0. The fourth-order valence-corrected chi connectivity index (χ4v) is 12.9. The molecular formula is C4H9P3. The molecule has 2 atom stereocenters. The van der Waals surface area contributed by atoms with E-state index in [-0.39, 0.29) is 0 Å². The maximum atomic E-state index is 1.67. The van der Waals surface area contributed by atoms with Gasteiger partial charge in [-0.15, -0.1) is 0 Å². The van der Waals surface area contributed by atoms with Gasteiger partial charge in [0.1, 0.15) is 0 Å². The van der Waals surface area contributed by atoms with Crippen molar-refractivity contribution in [1.29, 1.82) is 0 Å². The third-order valence-electron chi connectivity index (χ3n) is 1.38. The minimum Gasteiger partial charge on any atom is -0.0912 e. The highest BCUT2D eigenvalue weighted by atomic mass is 32.5. The van der Waals surface area contributed by atoms with Gasteiger partial charge in [-0.2, -0.15) is 0 Å². The Balaban J connectivity index is 1.83. The van der Waals surface area contributed by atoms with Crippen molar-refractivity contribution in [3.63, 3.8) is 0 Å². The van der Waals surface area contributed by atoms with Crippen molar-refractivity contribution in [1.82, 2.24) is 0 Å². The molecule has 0 saturated carbocycles. The molecule has 2 heterocycles. The van der Waals surface area contributed by atoms with Crippen LogP contribution in [0.4, 0.5) is 0 Å². The van der Waals surface area contributed by atoms with Crippen LogP contribution in [0.5, 0.6) is 0 Å². The van der Waals surface area contributed by atoms with Gasteiger partial charge in [-0.05, 0) is 24.6 Å². The summed E-state index contributed by atoms with van der Waals surface area (Å²) in [5.41, 5.74) is 0. The van der Waals surface area contributed by atoms with Gasteiger partial charge in [0, 0.05) is 0 Å². The standard InChI is InChI=1S/C4H9P3/c1-2-7(5-1)6-3-4-6/h5H,1-4H2. The fourth-order valence-electron chi connectivity index (χ4n) is 0.739. The van der Waals surface area contributed by atoms with Gasteiger partial charge >= 0.3 is 0 Å². The van der Waals surface area contributed by atoms with E-state index in [0.29, 0.717) is 0 Å². The van der Waals surface area contributed by atoms with Crippen LogP contribution >= 0.6 is 23.2 Å². The van der Waals surface area contributed by atoms with Crippen LogP contribution in [-0.2, 0) is 0 Å². The van der Waals surface area contributed by atoms with Crippen LogP contribution in [0.3, 0.4) is 0 Å². The monoisotopic (exact) mass is 150 g/mol. The van der Waals surface area contributed by atoms with Gasteiger partial charge in [0.25, 0.3) is 0 Å². The van der Waals surface area contributed by atoms with Gasteiger partial charge < -0.3 is 0 Å². The van der Waals surface area contributed by atoms with Crippen molar-refractivity contribution < 1.29 is 0 Å². The second-order valence-electron chi connectivity index (χ2n) is 1.98. The van der Waals surface area contributed by atoms with E-state index in [1.54, 1.807) is 24.6 Å². The molecule has 2 saturated heterocycles. The minimum absolute atomic E-state index is 0.747. The smallest absolute Gasteiger partial charge is 0.0210 e. The van der Waals surface area contributed by atoms with Crippen molar-refractivity contribution in [3.05, 3.63) is 0 Å². The molecule has 0 aromatic rings. The molecule has 0 aromatic carbocycles. The quantitative estimate of drug-likeness (QED) is 0.503. The molecule has 2 rings (SSSR count). The molecule has 0 radical (unpaired) electrons. The predicted molar refractivity (Wildman–Crippen MR) is 41.6 cm³/mol. The van der Waals surface area contributed by atoms with E-state index in [2.05, 4.69) is 0 Å². The first kappa shape index (κ1) is 5.10. The number of hydrogen-bond donors (Lipinski definition) is 0. The first-order valence-electron chi connectivity index (χ1n) is 2.73. The summed E-state index contributed by atoms with van der Waals surface area (Å²) >= 11 is 0. The third kappa shape index (κ3) is 0.999. The summed E-state index contributed by atoms with van der Waals surface area (Å²) in [4.78, 5) is 0. The first-order chi connectivity index (χ1) is 3.47. The maximum absolute atomic E-state index is 1.67. The maximum Gasteiger partial charge on any atom is -0.0210 e. The van der Waals surface area contributed by atoms with Gasteiger partial charge in [0.05, 0.1) is 0 Å². The lowest BCUT2D eigenvalue weighted by Crippen LogP contribution is -1.88. The molecule has 2 aliphatic rings. The molecular weight excluding hydrogens is 141 g/mol. The highest BCUT2D eigenvalue weighted by Crippen LogP contribution is 2.90. The van der Waals surface area contributed by atoms with Crippen LogP contribution in [0.15, 0.2) is 0 Å².